The summed E-state index contributed by atoms with van der Waals surface area (Å²) in [5.74, 6) is 3.71. The zero-order valence-corrected chi connectivity index (χ0v) is 30.1. The molecular weight excluding hydrogens is 610 g/mol. The molecule has 264 valence electrons. The molecule has 0 saturated heterocycles. The predicted molar refractivity (Wildman–Crippen MR) is 189 cm³/mol. The van der Waals surface area contributed by atoms with Gasteiger partial charge in [-0.1, -0.05) is 38.8 Å². The molecule has 0 aliphatic heterocycles. The molecule has 6 nitrogen and oxygen atoms in total. The molecule has 4 saturated carbocycles. The number of carbonyl (C=O) groups excluding carboxylic acids is 2. The summed E-state index contributed by atoms with van der Waals surface area (Å²) >= 11 is 0. The van der Waals surface area contributed by atoms with Crippen molar-refractivity contribution in [1.29, 1.82) is 5.26 Å². The first-order valence-electron chi connectivity index (χ1n) is 19.6. The molecule has 9 atom stereocenters. The maximum absolute atomic E-state index is 12.2. The van der Waals surface area contributed by atoms with Crippen LogP contribution in [0, 0.1) is 45.8 Å². The highest BCUT2D eigenvalue weighted by molar-refractivity contribution is 5.93. The quantitative estimate of drug-likeness (QED) is 0.303. The molecule has 0 heterocycles. The van der Waals surface area contributed by atoms with Crippen LogP contribution in [-0.4, -0.2) is 33.7 Å². The monoisotopic (exact) mass is 667 g/mol. The summed E-state index contributed by atoms with van der Waals surface area (Å²) < 4.78 is 5.98. The standard InChI is InChI=1S/C23H32O3.C20H25NO2/c1-3-4-5-22(25)26-21-11-10-20-19-8-6-15-14-16(24)7-9-17(15)18(19)12-13-23(20,21)2;1-19-8-6-16-15-5-3-14(22)12-13(15)2-4-17(16)18(19)7-9-20(19,23)10-11-21/h7,9,14,18-21,24H,3-6,8,10-13H2,1-2H3;12,17-18,23H,2-10H2,1H3/t18-,19-,20+,21+,23+;17-,18+,19+,20-/m11/s1. The normalized spacial score (nSPS) is 38.7. The average Bonchev–Trinajstić information content (AvgIpc) is 3.55. The molecule has 6 heteroatoms. The van der Waals surface area contributed by atoms with Gasteiger partial charge >= 0.3 is 5.97 Å². The Balaban J connectivity index is 0.000000155. The molecule has 4 fully saturated rings. The van der Waals surface area contributed by atoms with E-state index in [1.807, 2.05) is 18.2 Å². The van der Waals surface area contributed by atoms with Crippen LogP contribution in [0.3, 0.4) is 0 Å². The van der Waals surface area contributed by atoms with Crippen molar-refractivity contribution in [2.75, 3.05) is 0 Å². The van der Waals surface area contributed by atoms with E-state index in [1.54, 1.807) is 5.57 Å². The van der Waals surface area contributed by atoms with Crippen molar-refractivity contribution in [1.82, 2.24) is 0 Å². The fourth-order valence-corrected chi connectivity index (χ4v) is 12.3. The summed E-state index contributed by atoms with van der Waals surface area (Å²) in [5.41, 5.74) is 6.38. The van der Waals surface area contributed by atoms with Gasteiger partial charge in [0, 0.05) is 23.7 Å². The van der Waals surface area contributed by atoms with E-state index in [0.29, 0.717) is 48.2 Å². The van der Waals surface area contributed by atoms with Crippen LogP contribution in [0.1, 0.15) is 147 Å². The number of rotatable bonds is 5. The third kappa shape index (κ3) is 5.90. The maximum atomic E-state index is 12.2. The molecule has 7 aliphatic carbocycles. The SMILES string of the molecule is CCCCC(=O)O[C@H]1CC[C@H]2[C@@H]3CCc4cc(O)ccc4[C@H]3CC[C@]12C.C[C@]12CCC3=C4CCC(=O)C=C4CC[C@H]3[C@@H]1CC[C@@]2(O)CC#N. The lowest BCUT2D eigenvalue weighted by Crippen LogP contribution is -2.49. The Morgan fingerprint density at radius 3 is 2.59 bits per heavy atom. The van der Waals surface area contributed by atoms with Gasteiger partial charge in [0.1, 0.15) is 11.9 Å². The minimum atomic E-state index is -0.804. The number of phenols is 1. The van der Waals surface area contributed by atoms with Crippen LogP contribution in [0.2, 0.25) is 0 Å². The Morgan fingerprint density at radius 1 is 0.959 bits per heavy atom. The van der Waals surface area contributed by atoms with Crippen LogP contribution in [0.5, 0.6) is 5.75 Å². The van der Waals surface area contributed by atoms with E-state index < -0.39 is 5.60 Å². The summed E-state index contributed by atoms with van der Waals surface area (Å²) in [5, 5.41) is 30.1. The van der Waals surface area contributed by atoms with Crippen molar-refractivity contribution >= 4 is 11.8 Å². The largest absolute Gasteiger partial charge is 0.508 e. The fourth-order valence-electron chi connectivity index (χ4n) is 12.3. The molecule has 7 aliphatic rings. The highest BCUT2D eigenvalue weighted by atomic mass is 16.5. The van der Waals surface area contributed by atoms with Crippen molar-refractivity contribution in [2.45, 2.75) is 154 Å². The number of ether oxygens (including phenoxy) is 1. The van der Waals surface area contributed by atoms with Crippen LogP contribution in [-0.2, 0) is 20.7 Å². The lowest BCUT2D eigenvalue weighted by atomic mass is 9.54. The third-order valence-electron chi connectivity index (χ3n) is 15.1. The molecule has 0 bridgehead atoms. The van der Waals surface area contributed by atoms with Crippen molar-refractivity contribution in [2.24, 2.45) is 34.5 Å². The molecule has 0 spiro atoms. The second-order valence-corrected chi connectivity index (χ2v) is 17.2. The summed E-state index contributed by atoms with van der Waals surface area (Å²) in [6, 6.07) is 8.19. The first-order chi connectivity index (χ1) is 23.5. The van der Waals surface area contributed by atoms with Gasteiger partial charge in [-0.15, -0.1) is 0 Å². The number of ketones is 1. The smallest absolute Gasteiger partial charge is 0.306 e. The lowest BCUT2D eigenvalue weighted by molar-refractivity contribution is -0.157. The number of phenolic OH excluding ortho intramolecular Hbond substituents is 1. The van der Waals surface area contributed by atoms with Crippen LogP contribution >= 0.6 is 0 Å². The summed E-state index contributed by atoms with van der Waals surface area (Å²) in [6.07, 6.45) is 19.1. The van der Waals surface area contributed by atoms with Crippen LogP contribution in [0.4, 0.5) is 0 Å². The summed E-state index contributed by atoms with van der Waals surface area (Å²) in [6.45, 7) is 6.71. The number of esters is 1. The average molecular weight is 668 g/mol. The molecule has 1 aromatic carbocycles. The molecule has 0 amide bonds. The predicted octanol–water partition coefficient (Wildman–Crippen LogP) is 9.19. The Kier molecular flexibility index (Phi) is 9.39. The van der Waals surface area contributed by atoms with E-state index in [-0.39, 0.29) is 35.1 Å². The summed E-state index contributed by atoms with van der Waals surface area (Å²) in [7, 11) is 0. The Bertz CT molecular complexity index is 1580. The molecule has 8 rings (SSSR count). The van der Waals surface area contributed by atoms with Gasteiger partial charge in [0.05, 0.1) is 18.1 Å². The highest BCUT2D eigenvalue weighted by Crippen LogP contribution is 2.64. The minimum Gasteiger partial charge on any atom is -0.508 e. The number of nitriles is 1. The fraction of sp³-hybridized carbons (Fsp3) is 0.698. The molecule has 0 unspecified atom stereocenters. The van der Waals surface area contributed by atoms with Crippen molar-refractivity contribution in [3.63, 3.8) is 0 Å². The van der Waals surface area contributed by atoms with Gasteiger partial charge in [-0.3, -0.25) is 9.59 Å². The van der Waals surface area contributed by atoms with Crippen molar-refractivity contribution in [3.8, 4) is 11.8 Å². The molecule has 0 aromatic heterocycles. The van der Waals surface area contributed by atoms with Gasteiger partial charge in [0.25, 0.3) is 0 Å². The molecule has 0 radical (unpaired) electrons. The number of aliphatic hydroxyl groups is 1. The molecule has 49 heavy (non-hydrogen) atoms. The number of nitrogens with zero attached hydrogens (tertiary/aromatic N) is 1. The van der Waals surface area contributed by atoms with Crippen LogP contribution < -0.4 is 0 Å². The molecule has 1 aromatic rings. The maximum Gasteiger partial charge on any atom is 0.306 e. The third-order valence-corrected chi connectivity index (χ3v) is 15.1. The number of fused-ring (bicyclic) bond motifs is 9. The van der Waals surface area contributed by atoms with Crippen LogP contribution in [0.25, 0.3) is 0 Å². The van der Waals surface area contributed by atoms with Crippen molar-refractivity contribution < 1.29 is 24.5 Å². The number of allylic oxidation sites excluding steroid dienone is 4. The van der Waals surface area contributed by atoms with Gasteiger partial charge in [-0.25, -0.2) is 0 Å². The first-order valence-corrected chi connectivity index (χ1v) is 19.6. The number of carbonyl (C=O) groups is 2. The topological polar surface area (TPSA) is 108 Å². The van der Waals surface area contributed by atoms with E-state index in [2.05, 4.69) is 32.9 Å². The van der Waals surface area contributed by atoms with Gasteiger partial charge < -0.3 is 14.9 Å². The van der Waals surface area contributed by atoms with E-state index in [0.717, 1.165) is 77.0 Å². The van der Waals surface area contributed by atoms with Gasteiger partial charge in [0.2, 0.25) is 0 Å². The zero-order chi connectivity index (χ0) is 34.6. The number of hydrogen-bond donors (Lipinski definition) is 2. The number of unbranched alkanes of at least 4 members (excludes halogenated alkanes) is 1. The van der Waals surface area contributed by atoms with Gasteiger partial charge in [-0.05, 0) is 160 Å². The number of aromatic hydroxyl groups is 1. The lowest BCUT2D eigenvalue weighted by Gasteiger charge is -2.51. The number of hydrogen-bond acceptors (Lipinski definition) is 6. The molecular formula is C43H57NO5. The molecule has 2 N–H and O–H groups in total. The van der Waals surface area contributed by atoms with E-state index in [9.17, 15) is 19.8 Å². The van der Waals surface area contributed by atoms with Gasteiger partial charge in [0.15, 0.2) is 5.78 Å². The minimum absolute atomic E-state index is 0.00492. The van der Waals surface area contributed by atoms with Crippen molar-refractivity contribution in [3.05, 3.63) is 52.1 Å². The van der Waals surface area contributed by atoms with E-state index in [4.69, 9.17) is 10.00 Å². The Morgan fingerprint density at radius 2 is 1.80 bits per heavy atom. The van der Waals surface area contributed by atoms with E-state index in [1.165, 1.54) is 41.5 Å². The number of aryl methyl sites for hydroxylation is 1. The second-order valence-electron chi connectivity index (χ2n) is 17.2. The zero-order valence-electron chi connectivity index (χ0n) is 30.1. The van der Waals surface area contributed by atoms with Crippen LogP contribution in [0.15, 0.2) is 41.0 Å². The van der Waals surface area contributed by atoms with E-state index >= 15 is 0 Å². The Labute approximate surface area is 293 Å². The number of benzene rings is 1. The first kappa shape index (κ1) is 34.5. The highest BCUT2D eigenvalue weighted by Gasteiger charge is 2.61. The van der Waals surface area contributed by atoms with Gasteiger partial charge in [-0.2, -0.15) is 5.26 Å². The second kappa shape index (κ2) is 13.3. The Hall–Kier alpha value is -2.91. The summed E-state index contributed by atoms with van der Waals surface area (Å²) in [4.78, 5) is 23.9.